The Morgan fingerprint density at radius 2 is 2.31 bits per heavy atom. The molecule has 1 fully saturated rings. The third kappa shape index (κ3) is 1.69. The average molecular weight is 198 g/mol. The molecular formula is C10H12ClNO. The van der Waals surface area contributed by atoms with Crippen molar-refractivity contribution in [3.8, 4) is 0 Å². The normalized spacial score (nSPS) is 19.5. The van der Waals surface area contributed by atoms with Crippen LogP contribution in [0.3, 0.4) is 0 Å². The summed E-state index contributed by atoms with van der Waals surface area (Å²) in [5.41, 5.74) is 0.772. The minimum absolute atomic E-state index is 0.390. The number of rotatable bonds is 2. The Bertz CT molecular complexity index is 299. The standard InChI is InChI=1S/C10H12ClNO/c11-10-8(5-2-6-12-10)9(13)7-3-1-4-7/h2,5-7,9,13H,1,3-4H2/t9-/m0/s1. The van der Waals surface area contributed by atoms with Gasteiger partial charge >= 0.3 is 0 Å². The first kappa shape index (κ1) is 8.97. The van der Waals surface area contributed by atoms with Crippen LogP contribution in [0, 0.1) is 5.92 Å². The second-order valence-corrected chi connectivity index (χ2v) is 3.88. The van der Waals surface area contributed by atoms with E-state index in [2.05, 4.69) is 4.98 Å². The third-order valence-electron chi connectivity index (χ3n) is 2.70. The topological polar surface area (TPSA) is 33.1 Å². The van der Waals surface area contributed by atoms with Crippen molar-refractivity contribution in [1.82, 2.24) is 4.98 Å². The van der Waals surface area contributed by atoms with Gasteiger partial charge in [0.2, 0.25) is 0 Å². The Labute approximate surface area is 82.6 Å². The van der Waals surface area contributed by atoms with Crippen molar-refractivity contribution in [2.24, 2.45) is 5.92 Å². The number of halogens is 1. The maximum atomic E-state index is 9.90. The monoisotopic (exact) mass is 197 g/mol. The van der Waals surface area contributed by atoms with E-state index in [-0.39, 0.29) is 0 Å². The highest BCUT2D eigenvalue weighted by molar-refractivity contribution is 6.30. The highest BCUT2D eigenvalue weighted by atomic mass is 35.5. The molecular weight excluding hydrogens is 186 g/mol. The van der Waals surface area contributed by atoms with E-state index in [0.29, 0.717) is 11.1 Å². The maximum absolute atomic E-state index is 9.90. The number of aliphatic hydroxyl groups is 1. The lowest BCUT2D eigenvalue weighted by molar-refractivity contribution is 0.0619. The molecule has 1 aromatic rings. The van der Waals surface area contributed by atoms with Gasteiger partial charge in [-0.25, -0.2) is 4.98 Å². The predicted molar refractivity (Wildman–Crippen MR) is 51.5 cm³/mol. The highest BCUT2D eigenvalue weighted by Crippen LogP contribution is 2.38. The Morgan fingerprint density at radius 3 is 2.85 bits per heavy atom. The first-order valence-electron chi connectivity index (χ1n) is 4.57. The Hall–Kier alpha value is -0.600. The van der Waals surface area contributed by atoms with Gasteiger partial charge in [0.15, 0.2) is 0 Å². The maximum Gasteiger partial charge on any atom is 0.134 e. The number of hydrogen-bond donors (Lipinski definition) is 1. The van der Waals surface area contributed by atoms with E-state index in [9.17, 15) is 5.11 Å². The molecule has 0 bridgehead atoms. The van der Waals surface area contributed by atoms with Gasteiger partial charge in [0, 0.05) is 11.8 Å². The first-order valence-corrected chi connectivity index (χ1v) is 4.95. The Balaban J connectivity index is 2.18. The third-order valence-corrected chi connectivity index (χ3v) is 3.02. The summed E-state index contributed by atoms with van der Waals surface area (Å²) in [5, 5.41) is 10.3. The molecule has 1 N–H and O–H groups in total. The van der Waals surface area contributed by atoms with Crippen molar-refractivity contribution in [2.75, 3.05) is 0 Å². The number of aliphatic hydroxyl groups excluding tert-OH is 1. The molecule has 1 heterocycles. The molecule has 1 aromatic heterocycles. The summed E-state index contributed by atoms with van der Waals surface area (Å²) in [4.78, 5) is 3.95. The Kier molecular flexibility index (Phi) is 2.51. The van der Waals surface area contributed by atoms with E-state index < -0.39 is 6.10 Å². The molecule has 0 aliphatic heterocycles. The summed E-state index contributed by atoms with van der Waals surface area (Å²) in [5.74, 6) is 0.390. The number of hydrogen-bond acceptors (Lipinski definition) is 2. The summed E-state index contributed by atoms with van der Waals surface area (Å²) < 4.78 is 0. The predicted octanol–water partition coefficient (Wildman–Crippen LogP) is 2.57. The van der Waals surface area contributed by atoms with Crippen molar-refractivity contribution in [3.63, 3.8) is 0 Å². The van der Waals surface area contributed by atoms with Crippen LogP contribution in [0.15, 0.2) is 18.3 Å². The fraction of sp³-hybridized carbons (Fsp3) is 0.500. The largest absolute Gasteiger partial charge is 0.388 e. The van der Waals surface area contributed by atoms with Gasteiger partial charge in [-0.15, -0.1) is 0 Å². The van der Waals surface area contributed by atoms with Gasteiger partial charge < -0.3 is 5.11 Å². The van der Waals surface area contributed by atoms with Crippen molar-refractivity contribution < 1.29 is 5.11 Å². The molecule has 1 saturated carbocycles. The lowest BCUT2D eigenvalue weighted by atomic mass is 9.79. The number of pyridine rings is 1. The van der Waals surface area contributed by atoms with Crippen molar-refractivity contribution >= 4 is 11.6 Å². The first-order chi connectivity index (χ1) is 6.29. The molecule has 2 nitrogen and oxygen atoms in total. The summed E-state index contributed by atoms with van der Waals surface area (Å²) in [6.07, 6.45) is 4.65. The molecule has 0 aromatic carbocycles. The fourth-order valence-electron chi connectivity index (χ4n) is 1.63. The van der Waals surface area contributed by atoms with E-state index >= 15 is 0 Å². The van der Waals surface area contributed by atoms with Crippen LogP contribution in [0.25, 0.3) is 0 Å². The van der Waals surface area contributed by atoms with Gasteiger partial charge in [-0.3, -0.25) is 0 Å². The van der Waals surface area contributed by atoms with Gasteiger partial charge in [0.05, 0.1) is 6.10 Å². The molecule has 0 spiro atoms. The summed E-state index contributed by atoms with van der Waals surface area (Å²) in [7, 11) is 0. The van der Waals surface area contributed by atoms with Crippen LogP contribution in [-0.2, 0) is 0 Å². The van der Waals surface area contributed by atoms with Crippen LogP contribution in [0.2, 0.25) is 5.15 Å². The van der Waals surface area contributed by atoms with Crippen LogP contribution in [0.5, 0.6) is 0 Å². The minimum Gasteiger partial charge on any atom is -0.388 e. The van der Waals surface area contributed by atoms with Crippen molar-refractivity contribution in [2.45, 2.75) is 25.4 Å². The molecule has 0 amide bonds. The van der Waals surface area contributed by atoms with Crippen LogP contribution >= 0.6 is 11.6 Å². The lowest BCUT2D eigenvalue weighted by Crippen LogP contribution is -2.20. The van der Waals surface area contributed by atoms with E-state index in [0.717, 1.165) is 18.4 Å². The minimum atomic E-state index is -0.421. The zero-order chi connectivity index (χ0) is 9.26. The summed E-state index contributed by atoms with van der Waals surface area (Å²) in [6.45, 7) is 0. The fourth-order valence-corrected chi connectivity index (χ4v) is 1.86. The SMILES string of the molecule is O[C@H](c1cccnc1Cl)C1CCC1. The van der Waals surface area contributed by atoms with Crippen LogP contribution in [0.1, 0.15) is 30.9 Å². The molecule has 70 valence electrons. The molecule has 3 heteroatoms. The molecule has 0 saturated heterocycles. The molecule has 13 heavy (non-hydrogen) atoms. The number of nitrogens with zero attached hydrogens (tertiary/aromatic N) is 1. The lowest BCUT2D eigenvalue weighted by Gasteiger charge is -2.30. The molecule has 1 aliphatic rings. The second kappa shape index (κ2) is 3.64. The average Bonchev–Trinajstić information content (AvgIpc) is 2.01. The van der Waals surface area contributed by atoms with Crippen molar-refractivity contribution in [1.29, 1.82) is 0 Å². The van der Waals surface area contributed by atoms with Crippen molar-refractivity contribution in [3.05, 3.63) is 29.0 Å². The zero-order valence-corrected chi connectivity index (χ0v) is 8.04. The molecule has 0 radical (unpaired) electrons. The Morgan fingerprint density at radius 1 is 1.54 bits per heavy atom. The zero-order valence-electron chi connectivity index (χ0n) is 7.28. The van der Waals surface area contributed by atoms with Gasteiger partial charge in [-0.1, -0.05) is 24.1 Å². The second-order valence-electron chi connectivity index (χ2n) is 3.52. The smallest absolute Gasteiger partial charge is 0.134 e. The van der Waals surface area contributed by atoms with Gasteiger partial charge in [0.1, 0.15) is 5.15 Å². The van der Waals surface area contributed by atoms with Gasteiger partial charge in [0.25, 0.3) is 0 Å². The van der Waals surface area contributed by atoms with E-state index in [1.54, 1.807) is 6.20 Å². The molecule has 1 atom stereocenters. The number of aromatic nitrogens is 1. The van der Waals surface area contributed by atoms with Crippen LogP contribution in [-0.4, -0.2) is 10.1 Å². The van der Waals surface area contributed by atoms with Crippen LogP contribution < -0.4 is 0 Å². The van der Waals surface area contributed by atoms with E-state index in [1.807, 2.05) is 12.1 Å². The molecule has 1 aliphatic carbocycles. The van der Waals surface area contributed by atoms with Gasteiger partial charge in [-0.2, -0.15) is 0 Å². The molecule has 2 rings (SSSR count). The van der Waals surface area contributed by atoms with E-state index in [1.165, 1.54) is 6.42 Å². The summed E-state index contributed by atoms with van der Waals surface area (Å²) >= 11 is 5.87. The van der Waals surface area contributed by atoms with E-state index in [4.69, 9.17) is 11.6 Å². The van der Waals surface area contributed by atoms with Crippen LogP contribution in [0.4, 0.5) is 0 Å². The molecule has 0 unspecified atom stereocenters. The van der Waals surface area contributed by atoms with Gasteiger partial charge in [-0.05, 0) is 24.8 Å². The highest BCUT2D eigenvalue weighted by Gasteiger charge is 2.28. The quantitative estimate of drug-likeness (QED) is 0.740. The summed E-state index contributed by atoms with van der Waals surface area (Å²) in [6, 6.07) is 3.65.